The number of rotatable bonds is 53. The summed E-state index contributed by atoms with van der Waals surface area (Å²) >= 11 is 0. The van der Waals surface area contributed by atoms with Crippen molar-refractivity contribution in [2.45, 2.75) is 157 Å². The highest BCUT2D eigenvalue weighted by molar-refractivity contribution is 6.41. The number of carbonyl (C=O) groups is 4. The second-order valence-electron chi connectivity index (χ2n) is 25.3. The zero-order chi connectivity index (χ0) is 69.1. The number of fused-ring (bicyclic) bond motifs is 2. The summed E-state index contributed by atoms with van der Waals surface area (Å²) in [6.45, 7) is 33.4. The van der Waals surface area contributed by atoms with Crippen molar-refractivity contribution in [3.63, 3.8) is 0 Å². The highest BCUT2D eigenvalue weighted by atomic mass is 16.6. The van der Waals surface area contributed by atoms with Crippen molar-refractivity contribution in [1.82, 2.24) is 9.80 Å². The summed E-state index contributed by atoms with van der Waals surface area (Å²) < 4.78 is 98.1. The topological polar surface area (TPSA) is 232 Å². The molecule has 0 aliphatic carbocycles. The Labute approximate surface area is 567 Å². The molecule has 11 unspecified atom stereocenters. The smallest absolute Gasteiger partial charge is 0.261 e. The highest BCUT2D eigenvalue weighted by Gasteiger charge is 2.40. The summed E-state index contributed by atoms with van der Waals surface area (Å²) in [5.41, 5.74) is 1.64. The van der Waals surface area contributed by atoms with Gasteiger partial charge >= 0.3 is 0 Å². The molecule has 536 valence electrons. The van der Waals surface area contributed by atoms with E-state index in [1.54, 1.807) is 45.2 Å². The molecule has 96 heavy (non-hydrogen) atoms. The van der Waals surface area contributed by atoms with E-state index in [1.807, 2.05) is 86.6 Å². The third kappa shape index (κ3) is 22.8. The number of nitrogens with zero attached hydrogens (tertiary/aromatic N) is 2. The van der Waals surface area contributed by atoms with Crippen molar-refractivity contribution < 1.29 is 99.7 Å². The van der Waals surface area contributed by atoms with Gasteiger partial charge in [-0.1, -0.05) is 31.2 Å². The van der Waals surface area contributed by atoms with Crippen LogP contribution in [0.5, 0.6) is 0 Å². The van der Waals surface area contributed by atoms with Crippen LogP contribution in [0, 0.1) is 0 Å². The predicted molar refractivity (Wildman–Crippen MR) is 364 cm³/mol. The van der Waals surface area contributed by atoms with Crippen molar-refractivity contribution >= 4 is 66.7 Å². The van der Waals surface area contributed by atoms with Crippen LogP contribution in [-0.4, -0.2) is 266 Å². The summed E-state index contributed by atoms with van der Waals surface area (Å²) in [6.07, 6.45) is -0.634. The van der Waals surface area contributed by atoms with Gasteiger partial charge in [0.05, 0.1) is 219 Å². The summed E-state index contributed by atoms with van der Waals surface area (Å²) in [7, 11) is 1.64. The Morgan fingerprint density at radius 1 is 0.271 bits per heavy atom. The van der Waals surface area contributed by atoms with E-state index in [9.17, 15) is 19.2 Å². The zero-order valence-corrected chi connectivity index (χ0v) is 59.1. The standard InChI is InChI=1S/C73H108N2O21/c1-14-23-81-26-27-82-28-29-83-30-31-84-32-33-85-34-35-87-38-49(4)88-36-47(2)74-70(76)62-19-15-58-60-17-21-64-69-65(22-18-61(67(60)69)59-16-20-63(71(74)77)68(62)66(58)59)73(79)75(72(64)78)48(3)37-89-51(6)40-91-53(8)42-93-55(10)44-95-57(12)46-96-56(11)45-94-54(9)43-92-52(7)41-90-50(5)39-86-25-24-80-13/h15-22,47-57H,14,23-46H2,1-13H3. The molecular formula is C73H108N2O21. The van der Waals surface area contributed by atoms with Crippen LogP contribution in [0.4, 0.5) is 0 Å². The van der Waals surface area contributed by atoms with Gasteiger partial charge in [0, 0.05) is 46.7 Å². The Hall–Kier alpha value is -5.00. The Morgan fingerprint density at radius 3 is 0.740 bits per heavy atom. The molecule has 4 amide bonds. The van der Waals surface area contributed by atoms with Crippen molar-refractivity contribution in [3.8, 4) is 0 Å². The average molecular weight is 1350 g/mol. The third-order valence-electron chi connectivity index (χ3n) is 16.5. The quantitative estimate of drug-likeness (QED) is 0.0153. The average Bonchev–Trinajstić information content (AvgIpc) is 0.692. The van der Waals surface area contributed by atoms with E-state index in [2.05, 4.69) is 6.92 Å². The first-order valence-electron chi connectivity index (χ1n) is 34.4. The maximum absolute atomic E-state index is 14.5. The Bertz CT molecular complexity index is 3050. The minimum absolute atomic E-state index is 0.0390. The van der Waals surface area contributed by atoms with Crippen LogP contribution >= 0.6 is 0 Å². The van der Waals surface area contributed by atoms with E-state index >= 15 is 0 Å². The second kappa shape index (κ2) is 40.9. The number of hydrogen-bond donors (Lipinski definition) is 0. The Balaban J connectivity index is 0.799. The van der Waals surface area contributed by atoms with Crippen molar-refractivity contribution in [2.75, 3.05) is 166 Å². The molecule has 7 rings (SSSR count). The summed E-state index contributed by atoms with van der Waals surface area (Å²) in [4.78, 5) is 60.4. The van der Waals surface area contributed by atoms with E-state index < -0.39 is 35.7 Å². The predicted octanol–water partition coefficient (Wildman–Crippen LogP) is 9.52. The van der Waals surface area contributed by atoms with E-state index in [-0.39, 0.29) is 74.8 Å². The molecule has 0 aromatic heterocycles. The zero-order valence-electron chi connectivity index (χ0n) is 59.1. The molecule has 2 aliphatic rings. The number of benzene rings is 5. The van der Waals surface area contributed by atoms with Crippen molar-refractivity contribution in [1.29, 1.82) is 0 Å². The number of imide groups is 2. The van der Waals surface area contributed by atoms with Crippen molar-refractivity contribution in [3.05, 3.63) is 70.8 Å². The lowest BCUT2D eigenvalue weighted by atomic mass is 9.82. The lowest BCUT2D eigenvalue weighted by Crippen LogP contribution is -2.48. The van der Waals surface area contributed by atoms with Gasteiger partial charge in [0.15, 0.2) is 0 Å². The van der Waals surface area contributed by atoms with Gasteiger partial charge < -0.3 is 80.5 Å². The number of ether oxygens (including phenoxy) is 17. The fourth-order valence-corrected chi connectivity index (χ4v) is 11.3. The molecule has 5 aromatic rings. The fraction of sp³-hybridized carbons (Fsp3) is 0.671. The number of hydrogen-bond acceptors (Lipinski definition) is 21. The molecule has 5 aromatic carbocycles. The normalized spacial score (nSPS) is 17.1. The van der Waals surface area contributed by atoms with Crippen LogP contribution in [0.2, 0.25) is 0 Å². The van der Waals surface area contributed by atoms with Gasteiger partial charge in [0.1, 0.15) is 0 Å². The molecule has 23 heteroatoms. The molecular weight excluding hydrogens is 1240 g/mol. The lowest BCUT2D eigenvalue weighted by Gasteiger charge is -2.34. The number of amides is 4. The summed E-state index contributed by atoms with van der Waals surface area (Å²) in [5, 5.41) is 5.92. The molecule has 0 radical (unpaired) electrons. The largest absolute Gasteiger partial charge is 0.382 e. The van der Waals surface area contributed by atoms with Gasteiger partial charge in [0.2, 0.25) is 0 Å². The SMILES string of the molecule is CCCOCCOCCOCCOCCOCCOCC(C)OCC(C)N1C(=O)c2ccc3c4ccc5c6c(ccc(c7ccc(c2c37)C1=O)c64)C(=O)N(C(C)COC(C)COC(C)COC(C)COC(C)COC(C)COC(C)COC(C)COC(C)COCCOC)C5=O. The van der Waals surface area contributed by atoms with Crippen LogP contribution in [-0.2, 0) is 80.5 Å². The maximum atomic E-state index is 14.5. The number of carbonyl (C=O) groups excluding carboxylic acids is 4. The monoisotopic (exact) mass is 1350 g/mol. The third-order valence-corrected chi connectivity index (χ3v) is 16.5. The van der Waals surface area contributed by atoms with Crippen LogP contribution in [0.3, 0.4) is 0 Å². The minimum Gasteiger partial charge on any atom is -0.382 e. The Kier molecular flexibility index (Phi) is 33.4. The summed E-state index contributed by atoms with van der Waals surface area (Å²) in [6, 6.07) is 13.5. The molecule has 2 aliphatic heterocycles. The van der Waals surface area contributed by atoms with E-state index in [1.165, 1.54) is 9.80 Å². The van der Waals surface area contributed by atoms with Gasteiger partial charge in [-0.2, -0.15) is 0 Å². The molecule has 0 N–H and O–H groups in total. The van der Waals surface area contributed by atoms with E-state index in [0.717, 1.165) is 45.3 Å². The van der Waals surface area contributed by atoms with E-state index in [4.69, 9.17) is 80.5 Å². The molecule has 0 saturated heterocycles. The molecule has 0 bridgehead atoms. The molecule has 0 fully saturated rings. The molecule has 0 spiro atoms. The first kappa shape index (κ1) is 78.3. The van der Waals surface area contributed by atoms with Gasteiger partial charge in [-0.3, -0.25) is 29.0 Å². The summed E-state index contributed by atoms with van der Waals surface area (Å²) in [5.74, 6) is -1.64. The maximum Gasteiger partial charge on any atom is 0.261 e. The van der Waals surface area contributed by atoms with E-state index in [0.29, 0.717) is 165 Å². The van der Waals surface area contributed by atoms with Gasteiger partial charge in [-0.05, 0) is 139 Å². The van der Waals surface area contributed by atoms with Crippen LogP contribution in [0.25, 0.3) is 43.1 Å². The first-order valence-corrected chi connectivity index (χ1v) is 34.4. The highest BCUT2D eigenvalue weighted by Crippen LogP contribution is 2.46. The van der Waals surface area contributed by atoms with Gasteiger partial charge in [-0.15, -0.1) is 0 Å². The molecule has 11 atom stereocenters. The van der Waals surface area contributed by atoms with Crippen LogP contribution in [0.1, 0.15) is 131 Å². The van der Waals surface area contributed by atoms with Crippen LogP contribution < -0.4 is 0 Å². The number of methoxy groups -OCH3 is 1. The molecule has 2 heterocycles. The van der Waals surface area contributed by atoms with Crippen molar-refractivity contribution in [2.24, 2.45) is 0 Å². The lowest BCUT2D eigenvalue weighted by molar-refractivity contribution is -0.110. The molecule has 23 nitrogen and oxygen atoms in total. The molecule has 0 saturated carbocycles. The van der Waals surface area contributed by atoms with Gasteiger partial charge in [-0.25, -0.2) is 0 Å². The first-order chi connectivity index (χ1) is 46.3. The van der Waals surface area contributed by atoms with Gasteiger partial charge in [0.25, 0.3) is 23.6 Å². The van der Waals surface area contributed by atoms with Crippen LogP contribution in [0.15, 0.2) is 48.5 Å². The minimum atomic E-state index is -0.599. The fourth-order valence-electron chi connectivity index (χ4n) is 11.3. The second-order valence-corrected chi connectivity index (χ2v) is 25.3. The Morgan fingerprint density at radius 2 is 0.490 bits per heavy atom.